The Balaban J connectivity index is 4.34. The number of nitrogens with one attached hydrogen (secondary N) is 1. The lowest BCUT2D eigenvalue weighted by Gasteiger charge is -2.37. The van der Waals surface area contributed by atoms with Crippen LogP contribution in [0.1, 0.15) is 34.1 Å². The van der Waals surface area contributed by atoms with Gasteiger partial charge in [-0.3, -0.25) is 4.90 Å². The quantitative estimate of drug-likeness (QED) is 0.639. The van der Waals surface area contributed by atoms with Gasteiger partial charge in [-0.2, -0.15) is 0 Å². The highest BCUT2D eigenvalue weighted by molar-refractivity contribution is 4.87. The van der Waals surface area contributed by atoms with Gasteiger partial charge in [0.1, 0.15) is 0 Å². The number of likely N-dealkylation sites (N-methyl/N-ethyl adjacent to an activating group) is 2. The molecule has 0 aliphatic rings. The Bertz CT molecular complexity index is 202. The van der Waals surface area contributed by atoms with Crippen LogP contribution in [0.15, 0.2) is 0 Å². The van der Waals surface area contributed by atoms with Crippen LogP contribution in [-0.4, -0.2) is 61.5 Å². The zero-order chi connectivity index (χ0) is 13.5. The fraction of sp³-hybridized carbons (Fsp3) is 1.00. The predicted octanol–water partition coefficient (Wildman–Crippen LogP) is 1.09. The molecule has 17 heavy (non-hydrogen) atoms. The Morgan fingerprint density at radius 1 is 1.35 bits per heavy atom. The third-order valence-corrected chi connectivity index (χ3v) is 3.50. The van der Waals surface area contributed by atoms with Crippen LogP contribution in [0, 0.1) is 0 Å². The van der Waals surface area contributed by atoms with E-state index >= 15 is 0 Å². The minimum absolute atomic E-state index is 0.164. The standard InChI is InChI=1S/C13H30N2O2/c1-7-14-13(4,10-16)8-11(2)15(5)12(3)9-17-6/h11-12,14,16H,7-10H2,1-6H3. The number of aliphatic hydroxyl groups is 1. The molecule has 3 atom stereocenters. The van der Waals surface area contributed by atoms with Crippen molar-refractivity contribution in [1.82, 2.24) is 10.2 Å². The molecule has 0 aliphatic carbocycles. The van der Waals surface area contributed by atoms with Crippen LogP contribution in [0.5, 0.6) is 0 Å². The monoisotopic (exact) mass is 246 g/mol. The van der Waals surface area contributed by atoms with E-state index in [1.807, 2.05) is 0 Å². The largest absolute Gasteiger partial charge is 0.394 e. The minimum Gasteiger partial charge on any atom is -0.394 e. The highest BCUT2D eigenvalue weighted by atomic mass is 16.5. The zero-order valence-electron chi connectivity index (χ0n) is 12.3. The first kappa shape index (κ1) is 16.8. The first-order chi connectivity index (χ1) is 7.90. The summed E-state index contributed by atoms with van der Waals surface area (Å²) in [5.74, 6) is 0. The summed E-state index contributed by atoms with van der Waals surface area (Å²) in [7, 11) is 3.84. The molecule has 0 radical (unpaired) electrons. The molecule has 0 amide bonds. The molecule has 0 spiro atoms. The molecule has 0 aromatic heterocycles. The van der Waals surface area contributed by atoms with Gasteiger partial charge in [0.25, 0.3) is 0 Å². The number of hydrogen-bond donors (Lipinski definition) is 2. The van der Waals surface area contributed by atoms with Crippen molar-refractivity contribution in [3.63, 3.8) is 0 Å². The van der Waals surface area contributed by atoms with Crippen LogP contribution >= 0.6 is 0 Å². The average molecular weight is 246 g/mol. The van der Waals surface area contributed by atoms with Crippen molar-refractivity contribution in [2.75, 3.05) is 33.9 Å². The Labute approximate surface area is 106 Å². The maximum Gasteiger partial charge on any atom is 0.0615 e. The van der Waals surface area contributed by atoms with Gasteiger partial charge in [0.15, 0.2) is 0 Å². The SMILES string of the molecule is CCNC(C)(CO)CC(C)N(C)C(C)COC. The Hall–Kier alpha value is -0.160. The Morgan fingerprint density at radius 2 is 1.94 bits per heavy atom. The molecule has 0 bridgehead atoms. The molecule has 0 heterocycles. The molecular weight excluding hydrogens is 216 g/mol. The lowest BCUT2D eigenvalue weighted by molar-refractivity contribution is 0.0702. The van der Waals surface area contributed by atoms with Crippen molar-refractivity contribution in [2.45, 2.75) is 51.7 Å². The van der Waals surface area contributed by atoms with Gasteiger partial charge < -0.3 is 15.2 Å². The van der Waals surface area contributed by atoms with Gasteiger partial charge in [-0.05, 0) is 40.8 Å². The van der Waals surface area contributed by atoms with E-state index in [1.165, 1.54) is 0 Å². The van der Waals surface area contributed by atoms with E-state index in [9.17, 15) is 5.11 Å². The lowest BCUT2D eigenvalue weighted by atomic mass is 9.93. The van der Waals surface area contributed by atoms with Crippen molar-refractivity contribution >= 4 is 0 Å². The van der Waals surface area contributed by atoms with Crippen LogP contribution in [-0.2, 0) is 4.74 Å². The summed E-state index contributed by atoms with van der Waals surface area (Å²) in [6.07, 6.45) is 0.919. The van der Waals surface area contributed by atoms with Gasteiger partial charge in [0, 0.05) is 24.7 Å². The minimum atomic E-state index is -0.199. The molecule has 0 fully saturated rings. The van der Waals surface area contributed by atoms with Gasteiger partial charge in [-0.25, -0.2) is 0 Å². The van der Waals surface area contributed by atoms with Crippen molar-refractivity contribution in [3.8, 4) is 0 Å². The zero-order valence-corrected chi connectivity index (χ0v) is 12.3. The molecule has 4 nitrogen and oxygen atoms in total. The van der Waals surface area contributed by atoms with Gasteiger partial charge in [0.2, 0.25) is 0 Å². The Kier molecular flexibility index (Phi) is 7.96. The molecule has 0 saturated carbocycles. The predicted molar refractivity (Wildman–Crippen MR) is 72.3 cm³/mol. The van der Waals surface area contributed by atoms with Crippen molar-refractivity contribution in [2.24, 2.45) is 0 Å². The summed E-state index contributed by atoms with van der Waals surface area (Å²) in [5.41, 5.74) is -0.199. The van der Waals surface area contributed by atoms with Crippen LogP contribution in [0.25, 0.3) is 0 Å². The summed E-state index contributed by atoms with van der Waals surface area (Å²) in [6, 6.07) is 0.788. The lowest BCUT2D eigenvalue weighted by Crippen LogP contribution is -2.51. The first-order valence-electron chi connectivity index (χ1n) is 6.47. The van der Waals surface area contributed by atoms with Crippen LogP contribution < -0.4 is 5.32 Å². The number of rotatable bonds is 9. The molecule has 0 saturated heterocycles. The number of methoxy groups -OCH3 is 1. The average Bonchev–Trinajstić information content (AvgIpc) is 2.28. The molecular formula is C13H30N2O2. The smallest absolute Gasteiger partial charge is 0.0615 e. The molecule has 2 N–H and O–H groups in total. The second-order valence-corrected chi connectivity index (χ2v) is 5.27. The highest BCUT2D eigenvalue weighted by Gasteiger charge is 2.27. The van der Waals surface area contributed by atoms with Crippen molar-refractivity contribution in [3.05, 3.63) is 0 Å². The fourth-order valence-electron chi connectivity index (χ4n) is 2.21. The molecule has 3 unspecified atom stereocenters. The summed E-state index contributed by atoms with van der Waals surface area (Å²) in [4.78, 5) is 2.30. The van der Waals surface area contributed by atoms with E-state index in [1.54, 1.807) is 7.11 Å². The molecule has 0 aliphatic heterocycles. The summed E-state index contributed by atoms with van der Waals surface area (Å²) in [5, 5.41) is 12.8. The molecule has 104 valence electrons. The molecule has 4 heteroatoms. The van der Waals surface area contributed by atoms with Gasteiger partial charge in [0.05, 0.1) is 13.2 Å². The van der Waals surface area contributed by atoms with Gasteiger partial charge in [-0.15, -0.1) is 0 Å². The van der Waals surface area contributed by atoms with Crippen LogP contribution in [0.3, 0.4) is 0 Å². The topological polar surface area (TPSA) is 44.7 Å². The van der Waals surface area contributed by atoms with Gasteiger partial charge >= 0.3 is 0 Å². The van der Waals surface area contributed by atoms with Gasteiger partial charge in [-0.1, -0.05) is 6.92 Å². The third kappa shape index (κ3) is 5.82. The van der Waals surface area contributed by atoms with E-state index in [-0.39, 0.29) is 12.1 Å². The second-order valence-electron chi connectivity index (χ2n) is 5.27. The van der Waals surface area contributed by atoms with E-state index < -0.39 is 0 Å². The summed E-state index contributed by atoms with van der Waals surface area (Å²) < 4.78 is 5.17. The second kappa shape index (κ2) is 8.03. The third-order valence-electron chi connectivity index (χ3n) is 3.50. The maximum absolute atomic E-state index is 9.48. The van der Waals surface area contributed by atoms with Crippen LogP contribution in [0.4, 0.5) is 0 Å². The number of nitrogens with zero attached hydrogens (tertiary/aromatic N) is 1. The van der Waals surface area contributed by atoms with E-state index in [0.717, 1.165) is 19.6 Å². The summed E-state index contributed by atoms with van der Waals surface area (Å²) in [6.45, 7) is 10.3. The number of ether oxygens (including phenoxy) is 1. The Morgan fingerprint density at radius 3 is 2.35 bits per heavy atom. The van der Waals surface area contributed by atoms with E-state index in [2.05, 4.69) is 45.0 Å². The fourth-order valence-corrected chi connectivity index (χ4v) is 2.21. The van der Waals surface area contributed by atoms with E-state index in [4.69, 9.17) is 4.74 Å². The first-order valence-corrected chi connectivity index (χ1v) is 6.47. The maximum atomic E-state index is 9.48. The normalized spacial score (nSPS) is 19.1. The number of hydrogen-bond acceptors (Lipinski definition) is 4. The molecule has 0 aromatic carbocycles. The molecule has 0 rings (SSSR count). The van der Waals surface area contributed by atoms with E-state index in [0.29, 0.717) is 12.1 Å². The number of aliphatic hydroxyl groups excluding tert-OH is 1. The summed E-state index contributed by atoms with van der Waals surface area (Å²) >= 11 is 0. The highest BCUT2D eigenvalue weighted by Crippen LogP contribution is 2.16. The molecule has 0 aromatic rings. The van der Waals surface area contributed by atoms with Crippen LogP contribution in [0.2, 0.25) is 0 Å². The van der Waals surface area contributed by atoms with Crippen molar-refractivity contribution in [1.29, 1.82) is 0 Å². The van der Waals surface area contributed by atoms with Crippen molar-refractivity contribution < 1.29 is 9.84 Å².